The zero-order valence-corrected chi connectivity index (χ0v) is 25.1. The van der Waals surface area contributed by atoms with E-state index in [2.05, 4.69) is 130 Å². The quantitative estimate of drug-likeness (QED) is 0.188. The first kappa shape index (κ1) is 25.8. The van der Waals surface area contributed by atoms with Crippen molar-refractivity contribution in [3.05, 3.63) is 152 Å². The molecule has 10 rings (SSSR count). The number of imidazole rings is 2. The Balaban J connectivity index is 1.17. The normalized spacial score (nSPS) is 11.8. The first-order chi connectivity index (χ1) is 23.3. The van der Waals surface area contributed by atoms with Gasteiger partial charge in [-0.15, -0.1) is 0 Å². The molecule has 5 aromatic heterocycles. The van der Waals surface area contributed by atoms with E-state index in [0.29, 0.717) is 0 Å². The third kappa shape index (κ3) is 3.95. The second-order valence-corrected chi connectivity index (χ2v) is 11.8. The number of rotatable bonds is 4. The predicted molar refractivity (Wildman–Crippen MR) is 189 cm³/mol. The van der Waals surface area contributed by atoms with Crippen molar-refractivity contribution in [3.63, 3.8) is 0 Å². The van der Waals surface area contributed by atoms with Gasteiger partial charge in [-0.1, -0.05) is 60.7 Å². The predicted octanol–water partition coefficient (Wildman–Crippen LogP) is 10.1. The molecule has 5 heterocycles. The van der Waals surface area contributed by atoms with E-state index in [-0.39, 0.29) is 0 Å². The lowest BCUT2D eigenvalue weighted by Crippen LogP contribution is -1.96. The van der Waals surface area contributed by atoms with Crippen LogP contribution in [0.4, 0.5) is 0 Å². The summed E-state index contributed by atoms with van der Waals surface area (Å²) < 4.78 is 10.8. The van der Waals surface area contributed by atoms with Crippen LogP contribution in [0.1, 0.15) is 0 Å². The number of hydrogen-bond acceptors (Lipinski definition) is 4. The van der Waals surface area contributed by atoms with Crippen LogP contribution in [0.3, 0.4) is 0 Å². The van der Waals surface area contributed by atoms with Gasteiger partial charge < -0.3 is 4.74 Å². The molecule has 0 saturated heterocycles. The topological polar surface area (TPSA) is 56.7 Å². The Morgan fingerprint density at radius 2 is 1.00 bits per heavy atom. The molecule has 0 radical (unpaired) electrons. The highest BCUT2D eigenvalue weighted by Gasteiger charge is 2.17. The van der Waals surface area contributed by atoms with Gasteiger partial charge in [-0.3, -0.25) is 8.80 Å². The fourth-order valence-corrected chi connectivity index (χ4v) is 7.04. The number of aromatic nitrogens is 5. The molecule has 0 fully saturated rings. The maximum atomic E-state index is 6.57. The molecule has 0 N–H and O–H groups in total. The average molecular weight is 604 g/mol. The molecule has 47 heavy (non-hydrogen) atoms. The SMILES string of the molecule is c1ccc(-c2cc(-c3ccccc3)c3c(c2)c2ccc(Oc4ccc5c6cccnc6n6ccnc6c5c4)cc2c2nccn23)cc1. The molecular weight excluding hydrogens is 578 g/mol. The molecule has 0 amide bonds. The molecule has 220 valence electrons. The molecule has 5 aromatic carbocycles. The lowest BCUT2D eigenvalue weighted by atomic mass is 9.93. The Labute approximate surface area is 268 Å². The molecule has 10 aromatic rings. The van der Waals surface area contributed by atoms with E-state index < -0.39 is 0 Å². The molecule has 6 nitrogen and oxygen atoms in total. The molecule has 0 saturated carbocycles. The fraction of sp³-hybridized carbons (Fsp3) is 0. The van der Waals surface area contributed by atoms with Crippen molar-refractivity contribution in [2.45, 2.75) is 0 Å². The summed E-state index contributed by atoms with van der Waals surface area (Å²) in [6.45, 7) is 0. The van der Waals surface area contributed by atoms with Gasteiger partial charge in [0.15, 0.2) is 0 Å². The van der Waals surface area contributed by atoms with Crippen LogP contribution in [0, 0.1) is 0 Å². The zero-order chi connectivity index (χ0) is 30.9. The largest absolute Gasteiger partial charge is 0.457 e. The minimum absolute atomic E-state index is 0.739. The minimum atomic E-state index is 0.739. The number of hydrogen-bond donors (Lipinski definition) is 0. The van der Waals surface area contributed by atoms with Gasteiger partial charge in [0.25, 0.3) is 0 Å². The molecule has 0 aliphatic heterocycles. The van der Waals surface area contributed by atoms with Crippen molar-refractivity contribution in [2.75, 3.05) is 0 Å². The Bertz CT molecular complexity index is 2820. The zero-order valence-electron chi connectivity index (χ0n) is 25.1. The van der Waals surface area contributed by atoms with E-state index in [0.717, 1.165) is 77.4 Å². The van der Waals surface area contributed by atoms with E-state index >= 15 is 0 Å². The monoisotopic (exact) mass is 603 g/mol. The number of nitrogens with zero attached hydrogens (tertiary/aromatic N) is 5. The Morgan fingerprint density at radius 3 is 1.72 bits per heavy atom. The summed E-state index contributed by atoms with van der Waals surface area (Å²) in [5.41, 5.74) is 8.43. The Morgan fingerprint density at radius 1 is 0.404 bits per heavy atom. The van der Waals surface area contributed by atoms with Gasteiger partial charge in [0.05, 0.1) is 5.52 Å². The van der Waals surface area contributed by atoms with Crippen molar-refractivity contribution < 1.29 is 4.74 Å². The van der Waals surface area contributed by atoms with E-state index in [1.54, 1.807) is 0 Å². The molecule has 0 spiro atoms. The summed E-state index contributed by atoms with van der Waals surface area (Å²) >= 11 is 0. The van der Waals surface area contributed by atoms with Crippen LogP contribution in [-0.2, 0) is 0 Å². The van der Waals surface area contributed by atoms with Gasteiger partial charge in [0.2, 0.25) is 0 Å². The summed E-state index contributed by atoms with van der Waals surface area (Å²) in [5.74, 6) is 1.48. The molecule has 0 atom stereocenters. The van der Waals surface area contributed by atoms with Crippen LogP contribution in [0.2, 0.25) is 0 Å². The summed E-state index contributed by atoms with van der Waals surface area (Å²) in [7, 11) is 0. The molecule has 6 heteroatoms. The van der Waals surface area contributed by atoms with Crippen LogP contribution in [0.5, 0.6) is 11.5 Å². The second-order valence-electron chi connectivity index (χ2n) is 11.8. The number of ether oxygens (including phenoxy) is 1. The van der Waals surface area contributed by atoms with Gasteiger partial charge >= 0.3 is 0 Å². The van der Waals surface area contributed by atoms with Gasteiger partial charge in [-0.05, 0) is 88.1 Å². The van der Waals surface area contributed by atoms with Crippen LogP contribution >= 0.6 is 0 Å². The first-order valence-electron chi connectivity index (χ1n) is 15.6. The first-order valence-corrected chi connectivity index (χ1v) is 15.6. The van der Waals surface area contributed by atoms with E-state index in [9.17, 15) is 0 Å². The van der Waals surface area contributed by atoms with Crippen LogP contribution in [0.25, 0.3) is 77.0 Å². The fourth-order valence-electron chi connectivity index (χ4n) is 7.04. The highest BCUT2D eigenvalue weighted by Crippen LogP contribution is 2.40. The molecule has 0 unspecified atom stereocenters. The van der Waals surface area contributed by atoms with Crippen molar-refractivity contribution in [1.82, 2.24) is 23.8 Å². The van der Waals surface area contributed by atoms with Crippen LogP contribution in [-0.4, -0.2) is 23.8 Å². The summed E-state index contributed by atoms with van der Waals surface area (Å²) in [6.07, 6.45) is 9.51. The van der Waals surface area contributed by atoms with E-state index in [4.69, 9.17) is 9.72 Å². The number of pyridine rings is 3. The maximum absolute atomic E-state index is 6.57. The lowest BCUT2D eigenvalue weighted by Gasteiger charge is -2.16. The third-order valence-electron chi connectivity index (χ3n) is 9.12. The van der Waals surface area contributed by atoms with Gasteiger partial charge in [-0.25, -0.2) is 15.0 Å². The highest BCUT2D eigenvalue weighted by molar-refractivity contribution is 6.16. The second kappa shape index (κ2) is 9.99. The van der Waals surface area contributed by atoms with Crippen molar-refractivity contribution >= 4 is 54.8 Å². The summed E-state index contributed by atoms with van der Waals surface area (Å²) in [6, 6.07) is 42.3. The van der Waals surface area contributed by atoms with Crippen molar-refractivity contribution in [3.8, 4) is 33.8 Å². The van der Waals surface area contributed by atoms with E-state index in [1.165, 1.54) is 11.1 Å². The Hall–Kier alpha value is -6.53. The smallest absolute Gasteiger partial charge is 0.146 e. The summed E-state index contributed by atoms with van der Waals surface area (Å²) in [5, 5.41) is 6.48. The number of fused-ring (bicyclic) bond motifs is 12. The number of benzene rings is 5. The molecule has 0 bridgehead atoms. The van der Waals surface area contributed by atoms with Crippen molar-refractivity contribution in [1.29, 1.82) is 0 Å². The highest BCUT2D eigenvalue weighted by atomic mass is 16.5. The van der Waals surface area contributed by atoms with Crippen molar-refractivity contribution in [2.24, 2.45) is 0 Å². The molecule has 0 aliphatic carbocycles. The Kier molecular flexibility index (Phi) is 5.48. The van der Waals surface area contributed by atoms with Gasteiger partial charge in [-0.2, -0.15) is 0 Å². The average Bonchev–Trinajstić information content (AvgIpc) is 3.84. The lowest BCUT2D eigenvalue weighted by molar-refractivity contribution is 0.484. The molecule has 0 aliphatic rings. The van der Waals surface area contributed by atoms with Crippen LogP contribution < -0.4 is 4.74 Å². The minimum Gasteiger partial charge on any atom is -0.457 e. The standard InChI is InChI=1S/C41H25N5O/c1-3-8-26(9-4-1)28-22-34(27-10-5-2-6-11-27)38-35(23-28)32-16-14-30(25-37(32)40-43-18-20-45(38)40)47-29-13-15-31-33-12-7-17-42-39(33)46-21-19-44-41(46)36(31)24-29/h1-25H. The maximum Gasteiger partial charge on any atom is 0.146 e. The van der Waals surface area contributed by atoms with Crippen LogP contribution in [0.15, 0.2) is 152 Å². The van der Waals surface area contributed by atoms with E-state index in [1.807, 2.05) is 41.3 Å². The summed E-state index contributed by atoms with van der Waals surface area (Å²) in [4.78, 5) is 14.1. The van der Waals surface area contributed by atoms with Gasteiger partial charge in [0.1, 0.15) is 28.4 Å². The van der Waals surface area contributed by atoms with Gasteiger partial charge in [0, 0.05) is 58.1 Å². The third-order valence-corrected chi connectivity index (χ3v) is 9.12. The molecular formula is C41H25N5O.